The molecule has 0 aliphatic heterocycles. The number of thiazole rings is 1. The normalized spacial score (nSPS) is 13.4. The van der Waals surface area contributed by atoms with Crippen LogP contribution >= 0.6 is 27.3 Å². The van der Waals surface area contributed by atoms with Crippen LogP contribution < -0.4 is 5.32 Å². The Morgan fingerprint density at radius 1 is 1.33 bits per heavy atom. The molecule has 0 fully saturated rings. The van der Waals surface area contributed by atoms with E-state index in [1.807, 2.05) is 0 Å². The molecular formula is C17H23BrN2S. The summed E-state index contributed by atoms with van der Waals surface area (Å²) in [6.07, 6.45) is 0.976. The summed E-state index contributed by atoms with van der Waals surface area (Å²) in [4.78, 5) is 4.62. The summed E-state index contributed by atoms with van der Waals surface area (Å²) in [5.74, 6) is 0.434. The number of nitrogens with one attached hydrogen (secondary N) is 1. The van der Waals surface area contributed by atoms with Gasteiger partial charge in [-0.1, -0.05) is 28.1 Å². The van der Waals surface area contributed by atoms with E-state index in [1.165, 1.54) is 11.3 Å². The van der Waals surface area contributed by atoms with Crippen molar-refractivity contribution in [2.75, 3.05) is 6.54 Å². The first-order valence-electron chi connectivity index (χ1n) is 7.25. The molecule has 1 unspecified atom stereocenters. The number of aryl methyl sites for hydroxylation is 1. The molecule has 4 heteroatoms. The lowest BCUT2D eigenvalue weighted by molar-refractivity contribution is 0.404. The van der Waals surface area contributed by atoms with E-state index in [0.29, 0.717) is 5.92 Å². The quantitative estimate of drug-likeness (QED) is 0.811. The Balaban J connectivity index is 2.17. The number of nitrogens with zero attached hydrogens (tertiary/aromatic N) is 1. The first kappa shape index (κ1) is 16.7. The number of rotatable bonds is 5. The van der Waals surface area contributed by atoms with Gasteiger partial charge in [-0.05, 0) is 51.8 Å². The van der Waals surface area contributed by atoms with Crippen LogP contribution in [0.3, 0.4) is 0 Å². The van der Waals surface area contributed by atoms with Gasteiger partial charge in [0.1, 0.15) is 0 Å². The average molecular weight is 367 g/mol. The first-order chi connectivity index (χ1) is 9.83. The van der Waals surface area contributed by atoms with E-state index in [0.717, 1.165) is 22.4 Å². The van der Waals surface area contributed by atoms with Gasteiger partial charge in [0.2, 0.25) is 0 Å². The summed E-state index contributed by atoms with van der Waals surface area (Å²) >= 11 is 5.30. The maximum absolute atomic E-state index is 4.62. The molecule has 2 nitrogen and oxygen atoms in total. The first-order valence-corrected chi connectivity index (χ1v) is 8.92. The third-order valence-corrected chi connectivity index (χ3v) is 4.64. The van der Waals surface area contributed by atoms with Crippen LogP contribution in [0.1, 0.15) is 43.0 Å². The SMILES string of the molecule is Cc1nc(CC(CNC(C)(C)C)c2cccc(Br)c2)cs1. The van der Waals surface area contributed by atoms with Gasteiger partial charge < -0.3 is 5.32 Å². The third kappa shape index (κ3) is 5.53. The standard InChI is InChI=1S/C17H23BrN2S/c1-12-20-16(11-21-12)9-14(10-19-17(2,3)4)13-6-5-7-15(18)8-13/h5-8,11,14,19H,9-10H2,1-4H3. The highest BCUT2D eigenvalue weighted by atomic mass is 79.9. The summed E-state index contributed by atoms with van der Waals surface area (Å²) in [5.41, 5.74) is 2.67. The molecular weight excluding hydrogens is 344 g/mol. The van der Waals surface area contributed by atoms with E-state index in [2.05, 4.69) is 83.6 Å². The van der Waals surface area contributed by atoms with Gasteiger partial charge in [-0.15, -0.1) is 11.3 Å². The molecule has 1 atom stereocenters. The molecule has 0 spiro atoms. The van der Waals surface area contributed by atoms with Gasteiger partial charge in [0, 0.05) is 27.9 Å². The minimum absolute atomic E-state index is 0.127. The van der Waals surface area contributed by atoms with Crippen LogP contribution in [-0.4, -0.2) is 17.1 Å². The molecule has 0 saturated carbocycles. The Kier molecular flexibility index (Phi) is 5.58. The molecule has 2 rings (SSSR count). The highest BCUT2D eigenvalue weighted by Crippen LogP contribution is 2.24. The molecule has 0 saturated heterocycles. The second kappa shape index (κ2) is 7.03. The Morgan fingerprint density at radius 3 is 2.67 bits per heavy atom. The van der Waals surface area contributed by atoms with Gasteiger partial charge >= 0.3 is 0 Å². The predicted octanol–water partition coefficient (Wildman–Crippen LogP) is 4.93. The summed E-state index contributed by atoms with van der Waals surface area (Å²) in [6, 6.07) is 8.60. The van der Waals surface area contributed by atoms with Crippen molar-refractivity contribution in [1.82, 2.24) is 10.3 Å². The zero-order valence-corrected chi connectivity index (χ0v) is 15.5. The number of hydrogen-bond donors (Lipinski definition) is 1. The lowest BCUT2D eigenvalue weighted by atomic mass is 9.93. The van der Waals surface area contributed by atoms with E-state index in [1.54, 1.807) is 11.3 Å². The van der Waals surface area contributed by atoms with Crippen LogP contribution in [0.2, 0.25) is 0 Å². The summed E-state index contributed by atoms with van der Waals surface area (Å²) in [6.45, 7) is 9.64. The van der Waals surface area contributed by atoms with Crippen molar-refractivity contribution in [3.05, 3.63) is 50.4 Å². The molecule has 0 bridgehead atoms. The van der Waals surface area contributed by atoms with Gasteiger partial charge in [0.15, 0.2) is 0 Å². The third-order valence-electron chi connectivity index (χ3n) is 3.32. The molecule has 2 aromatic rings. The fourth-order valence-electron chi connectivity index (χ4n) is 2.25. The Hall–Kier alpha value is -0.710. The number of benzene rings is 1. The van der Waals surface area contributed by atoms with Crippen molar-refractivity contribution in [2.45, 2.75) is 45.6 Å². The van der Waals surface area contributed by atoms with E-state index in [9.17, 15) is 0 Å². The van der Waals surface area contributed by atoms with Crippen molar-refractivity contribution in [3.63, 3.8) is 0 Å². The largest absolute Gasteiger partial charge is 0.311 e. The zero-order valence-electron chi connectivity index (χ0n) is 13.1. The Labute approximate surface area is 140 Å². The fraction of sp³-hybridized carbons (Fsp3) is 0.471. The minimum atomic E-state index is 0.127. The van der Waals surface area contributed by atoms with Crippen molar-refractivity contribution in [2.24, 2.45) is 0 Å². The zero-order chi connectivity index (χ0) is 15.5. The monoisotopic (exact) mass is 366 g/mol. The lowest BCUT2D eigenvalue weighted by Crippen LogP contribution is -2.39. The van der Waals surface area contributed by atoms with E-state index >= 15 is 0 Å². The van der Waals surface area contributed by atoms with Crippen LogP contribution in [0.25, 0.3) is 0 Å². The minimum Gasteiger partial charge on any atom is -0.311 e. The van der Waals surface area contributed by atoms with Gasteiger partial charge in [-0.2, -0.15) is 0 Å². The maximum atomic E-state index is 4.62. The van der Waals surface area contributed by atoms with E-state index < -0.39 is 0 Å². The Morgan fingerprint density at radius 2 is 2.10 bits per heavy atom. The van der Waals surface area contributed by atoms with Crippen LogP contribution in [0.15, 0.2) is 34.1 Å². The number of aromatic nitrogens is 1. The van der Waals surface area contributed by atoms with Gasteiger partial charge in [-0.3, -0.25) is 0 Å². The molecule has 0 aliphatic carbocycles. The fourth-order valence-corrected chi connectivity index (χ4v) is 3.29. The van der Waals surface area contributed by atoms with Gasteiger partial charge in [-0.25, -0.2) is 4.98 Å². The lowest BCUT2D eigenvalue weighted by Gasteiger charge is -2.25. The molecule has 114 valence electrons. The molecule has 1 aromatic carbocycles. The predicted molar refractivity (Wildman–Crippen MR) is 95.2 cm³/mol. The van der Waals surface area contributed by atoms with Crippen molar-refractivity contribution in [1.29, 1.82) is 0 Å². The molecule has 0 radical (unpaired) electrons. The highest BCUT2D eigenvalue weighted by molar-refractivity contribution is 9.10. The van der Waals surface area contributed by atoms with Crippen LogP contribution in [0.5, 0.6) is 0 Å². The highest BCUT2D eigenvalue weighted by Gasteiger charge is 2.18. The maximum Gasteiger partial charge on any atom is 0.0897 e. The topological polar surface area (TPSA) is 24.9 Å². The van der Waals surface area contributed by atoms with Crippen LogP contribution in [0, 0.1) is 6.92 Å². The van der Waals surface area contributed by atoms with Gasteiger partial charge in [0.25, 0.3) is 0 Å². The van der Waals surface area contributed by atoms with Gasteiger partial charge in [0.05, 0.1) is 10.7 Å². The van der Waals surface area contributed by atoms with Crippen molar-refractivity contribution < 1.29 is 0 Å². The molecule has 0 aliphatic rings. The molecule has 0 amide bonds. The smallest absolute Gasteiger partial charge is 0.0897 e. The second-order valence-electron chi connectivity index (χ2n) is 6.44. The second-order valence-corrected chi connectivity index (χ2v) is 8.42. The number of hydrogen-bond acceptors (Lipinski definition) is 3. The summed E-state index contributed by atoms with van der Waals surface area (Å²) in [5, 5.41) is 6.95. The van der Waals surface area contributed by atoms with E-state index in [-0.39, 0.29) is 5.54 Å². The summed E-state index contributed by atoms with van der Waals surface area (Å²) < 4.78 is 1.13. The average Bonchev–Trinajstić information content (AvgIpc) is 2.79. The van der Waals surface area contributed by atoms with Crippen molar-refractivity contribution >= 4 is 27.3 Å². The Bertz CT molecular complexity index is 586. The molecule has 1 N–H and O–H groups in total. The van der Waals surface area contributed by atoms with Crippen molar-refractivity contribution in [3.8, 4) is 0 Å². The molecule has 1 aromatic heterocycles. The van der Waals surface area contributed by atoms with Crippen LogP contribution in [0.4, 0.5) is 0 Å². The van der Waals surface area contributed by atoms with E-state index in [4.69, 9.17) is 0 Å². The number of halogens is 1. The molecule has 21 heavy (non-hydrogen) atoms. The van der Waals surface area contributed by atoms with Crippen LogP contribution in [-0.2, 0) is 6.42 Å². The molecule has 1 heterocycles. The summed E-state index contributed by atoms with van der Waals surface area (Å²) in [7, 11) is 0.